The summed E-state index contributed by atoms with van der Waals surface area (Å²) in [5.74, 6) is 0.758. The number of nitrogen functional groups attached to an aromatic ring is 2. The van der Waals surface area contributed by atoms with E-state index in [2.05, 4.69) is 75.5 Å². The summed E-state index contributed by atoms with van der Waals surface area (Å²) >= 11 is 30.0. The van der Waals surface area contributed by atoms with E-state index >= 15 is 0 Å². The first kappa shape index (κ1) is 43.3. The minimum absolute atomic E-state index is 0.103. The van der Waals surface area contributed by atoms with Crippen LogP contribution in [-0.4, -0.2) is 29.9 Å². The summed E-state index contributed by atoms with van der Waals surface area (Å²) in [6, 6.07) is 31.7. The van der Waals surface area contributed by atoms with Crippen LogP contribution in [0.15, 0.2) is 109 Å². The first-order chi connectivity index (χ1) is 28.2. The van der Waals surface area contributed by atoms with Gasteiger partial charge in [0.05, 0.1) is 45.9 Å². The fraction of sp³-hybridized carbons (Fsp3) is 0.136. The van der Waals surface area contributed by atoms with Crippen molar-refractivity contribution in [3.8, 4) is 22.5 Å². The van der Waals surface area contributed by atoms with Crippen molar-refractivity contribution in [2.45, 2.75) is 39.8 Å². The second kappa shape index (κ2) is 19.2. The van der Waals surface area contributed by atoms with Gasteiger partial charge in [0.25, 0.3) is 0 Å². The Kier molecular flexibility index (Phi) is 14.0. The van der Waals surface area contributed by atoms with Crippen LogP contribution >= 0.6 is 58.0 Å². The maximum absolute atomic E-state index is 6.51. The van der Waals surface area contributed by atoms with Crippen LogP contribution in [0.4, 0.5) is 17.7 Å². The number of aryl methyl sites for hydroxylation is 2. The van der Waals surface area contributed by atoms with E-state index in [9.17, 15) is 0 Å². The van der Waals surface area contributed by atoms with Gasteiger partial charge in [-0.1, -0.05) is 131 Å². The molecule has 0 amide bonds. The highest BCUT2D eigenvalue weighted by Crippen LogP contribution is 2.37. The quantitative estimate of drug-likeness (QED) is 0.118. The van der Waals surface area contributed by atoms with Gasteiger partial charge in [0.1, 0.15) is 5.02 Å². The van der Waals surface area contributed by atoms with Gasteiger partial charge in [-0.05, 0) is 68.7 Å². The Morgan fingerprint density at radius 3 is 1.51 bits per heavy atom. The third-order valence-corrected chi connectivity index (χ3v) is 10.8. The average molecular weight is 885 g/mol. The molecule has 15 heteroatoms. The number of pyridine rings is 2. The van der Waals surface area contributed by atoms with Crippen LogP contribution in [-0.2, 0) is 0 Å². The molecule has 8 aromatic rings. The molecule has 10 nitrogen and oxygen atoms in total. The standard InChI is InChI=1S/C22H19Cl2N5.C18H17ClN2.C4H3Cl2N3/c1-12-6-5-7-14-10-16(13(2)27-21-18(24)11-26-22(25)29-21)20(28-19(12)14)15-8-3-4-9-17(15)23;1-11-6-5-7-13-10-15(12(2)20)18(21-17(11)13)14-8-3-4-9-16(14)19;5-2-1-8-4(7)9-3(2)6/h3-11,13H,1-2H3,(H3,25,26,27,29);3-10,12H,20H2,1-2H3;1H,(H2,7,8,9). The van der Waals surface area contributed by atoms with E-state index in [4.69, 9.17) is 85.2 Å². The molecule has 0 saturated carbocycles. The first-order valence-corrected chi connectivity index (χ1v) is 20.1. The molecule has 2 atom stereocenters. The fourth-order valence-electron chi connectivity index (χ4n) is 6.27. The van der Waals surface area contributed by atoms with Crippen molar-refractivity contribution in [3.63, 3.8) is 0 Å². The molecule has 8 rings (SSSR count). The number of benzene rings is 4. The Bertz CT molecular complexity index is 2780. The normalized spacial score (nSPS) is 11.9. The maximum Gasteiger partial charge on any atom is 0.222 e. The summed E-state index contributed by atoms with van der Waals surface area (Å²) in [5.41, 5.74) is 26.7. The van der Waals surface area contributed by atoms with Gasteiger partial charge in [0, 0.05) is 43.5 Å². The number of rotatable bonds is 6. The molecular weight excluding hydrogens is 846 g/mol. The summed E-state index contributed by atoms with van der Waals surface area (Å²) in [7, 11) is 0. The fourth-order valence-corrected chi connectivity index (χ4v) is 7.09. The number of para-hydroxylation sites is 2. The van der Waals surface area contributed by atoms with Gasteiger partial charge >= 0.3 is 0 Å². The number of fused-ring (bicyclic) bond motifs is 2. The van der Waals surface area contributed by atoms with E-state index < -0.39 is 0 Å². The molecule has 0 aliphatic carbocycles. The molecule has 0 saturated heterocycles. The van der Waals surface area contributed by atoms with Gasteiger partial charge in [-0.2, -0.15) is 9.97 Å². The summed E-state index contributed by atoms with van der Waals surface area (Å²) in [6.45, 7) is 8.11. The molecule has 4 aromatic heterocycles. The Morgan fingerprint density at radius 2 is 1.02 bits per heavy atom. The van der Waals surface area contributed by atoms with Gasteiger partial charge in [-0.25, -0.2) is 19.9 Å². The maximum atomic E-state index is 6.51. The summed E-state index contributed by atoms with van der Waals surface area (Å²) < 4.78 is 0. The Hall–Kier alpha value is -5.33. The van der Waals surface area contributed by atoms with Gasteiger partial charge in [0.15, 0.2) is 11.0 Å². The number of nitrogens with one attached hydrogen (secondary N) is 1. The number of nitrogens with zero attached hydrogens (tertiary/aromatic N) is 6. The van der Waals surface area contributed by atoms with Crippen molar-refractivity contribution in [1.29, 1.82) is 0 Å². The number of hydrogen-bond acceptors (Lipinski definition) is 10. The van der Waals surface area contributed by atoms with Crippen molar-refractivity contribution in [2.75, 3.05) is 16.8 Å². The van der Waals surface area contributed by atoms with Crippen LogP contribution in [0, 0.1) is 13.8 Å². The van der Waals surface area contributed by atoms with Crippen LogP contribution in [0.5, 0.6) is 0 Å². The molecule has 0 aliphatic heterocycles. The number of nitrogens with two attached hydrogens (primary N) is 3. The topological polar surface area (TPSA) is 167 Å². The lowest BCUT2D eigenvalue weighted by Gasteiger charge is -2.20. The summed E-state index contributed by atoms with van der Waals surface area (Å²) in [6.07, 6.45) is 2.84. The lowest BCUT2D eigenvalue weighted by molar-refractivity contribution is 0.817. The number of hydrogen-bond donors (Lipinski definition) is 4. The summed E-state index contributed by atoms with van der Waals surface area (Å²) in [4.78, 5) is 25.1. The highest BCUT2D eigenvalue weighted by Gasteiger charge is 2.20. The zero-order valence-corrected chi connectivity index (χ0v) is 36.1. The van der Waals surface area contributed by atoms with E-state index in [-0.39, 0.29) is 29.1 Å². The van der Waals surface area contributed by atoms with E-state index in [0.717, 1.165) is 66.6 Å². The minimum atomic E-state index is -0.162. The van der Waals surface area contributed by atoms with Crippen LogP contribution in [0.1, 0.15) is 48.2 Å². The van der Waals surface area contributed by atoms with Crippen molar-refractivity contribution in [2.24, 2.45) is 5.73 Å². The molecule has 0 bridgehead atoms. The zero-order valence-electron chi connectivity index (χ0n) is 32.4. The van der Waals surface area contributed by atoms with E-state index in [1.165, 1.54) is 12.4 Å². The van der Waals surface area contributed by atoms with Crippen LogP contribution in [0.25, 0.3) is 44.3 Å². The molecule has 59 heavy (non-hydrogen) atoms. The monoisotopic (exact) mass is 882 g/mol. The van der Waals surface area contributed by atoms with Gasteiger partial charge in [0.2, 0.25) is 11.9 Å². The van der Waals surface area contributed by atoms with Crippen LogP contribution in [0.3, 0.4) is 0 Å². The molecule has 300 valence electrons. The number of anilines is 3. The predicted octanol–water partition coefficient (Wildman–Crippen LogP) is 12.3. The average Bonchev–Trinajstić information content (AvgIpc) is 3.21. The van der Waals surface area contributed by atoms with E-state index in [1.54, 1.807) is 0 Å². The second-order valence-corrected chi connectivity index (χ2v) is 15.5. The first-order valence-electron chi connectivity index (χ1n) is 18.3. The van der Waals surface area contributed by atoms with Crippen LogP contribution in [0.2, 0.25) is 25.2 Å². The third kappa shape index (κ3) is 10.3. The smallest absolute Gasteiger partial charge is 0.222 e. The molecule has 0 aliphatic rings. The molecule has 0 spiro atoms. The van der Waals surface area contributed by atoms with Crippen molar-refractivity contribution in [1.82, 2.24) is 29.9 Å². The zero-order chi connectivity index (χ0) is 42.4. The van der Waals surface area contributed by atoms with Gasteiger partial charge in [-0.15, -0.1) is 0 Å². The lowest BCUT2D eigenvalue weighted by Crippen LogP contribution is -2.12. The highest BCUT2D eigenvalue weighted by molar-refractivity contribution is 6.41. The Morgan fingerprint density at radius 1 is 0.542 bits per heavy atom. The van der Waals surface area contributed by atoms with Crippen molar-refractivity contribution >= 4 is 97.5 Å². The van der Waals surface area contributed by atoms with Crippen molar-refractivity contribution < 1.29 is 0 Å². The number of halogens is 5. The molecule has 4 aromatic carbocycles. The largest absolute Gasteiger partial charge is 0.368 e. The molecule has 0 radical (unpaired) electrons. The number of aromatic nitrogens is 6. The van der Waals surface area contributed by atoms with E-state index in [1.807, 2.05) is 74.5 Å². The molecular formula is C44H39Cl5N10. The Balaban J connectivity index is 0.000000169. The van der Waals surface area contributed by atoms with Crippen LogP contribution < -0.4 is 22.5 Å². The SMILES string of the molecule is Cc1cccc2cc(C(C)N)c(-c3ccccc3Cl)nc12.Cc1cccc2cc(C(C)Nc3nc(N)ncc3Cl)c(-c3ccccc3Cl)nc12.Nc1ncc(Cl)c(Cl)n1. The van der Waals surface area contributed by atoms with Crippen molar-refractivity contribution in [3.05, 3.63) is 157 Å². The molecule has 4 heterocycles. The second-order valence-electron chi connectivity index (χ2n) is 13.6. The third-order valence-electron chi connectivity index (χ3n) is 9.20. The molecule has 2 unspecified atom stereocenters. The lowest BCUT2D eigenvalue weighted by atomic mass is 9.97. The van der Waals surface area contributed by atoms with E-state index in [0.29, 0.717) is 25.9 Å². The predicted molar refractivity (Wildman–Crippen MR) is 246 cm³/mol. The minimum Gasteiger partial charge on any atom is -0.368 e. The van der Waals surface area contributed by atoms with Gasteiger partial charge in [-0.3, -0.25) is 0 Å². The summed E-state index contributed by atoms with van der Waals surface area (Å²) in [5, 5.41) is 7.72. The van der Waals surface area contributed by atoms with Gasteiger partial charge < -0.3 is 22.5 Å². The highest BCUT2D eigenvalue weighted by atomic mass is 35.5. The molecule has 7 N–H and O–H groups in total. The Labute approximate surface area is 367 Å². The molecule has 0 fully saturated rings.